The summed E-state index contributed by atoms with van der Waals surface area (Å²) in [5.74, 6) is 3.40. The SMILES string of the molecule is OCCN(Cc1nc(Cc2cccc(C(F)(F)F)c2)no1)CC12CC3CC(CC(C3)C1)C2. The number of aliphatic hydroxyl groups excluding tert-OH is 1. The van der Waals surface area contributed by atoms with E-state index >= 15 is 0 Å². The number of aromatic nitrogens is 2. The van der Waals surface area contributed by atoms with Gasteiger partial charge in [0.15, 0.2) is 5.82 Å². The summed E-state index contributed by atoms with van der Waals surface area (Å²) in [5.41, 5.74) is 0.154. The molecule has 0 aliphatic heterocycles. The van der Waals surface area contributed by atoms with Gasteiger partial charge in [0, 0.05) is 19.5 Å². The lowest BCUT2D eigenvalue weighted by Crippen LogP contribution is -2.51. The number of alkyl halides is 3. The third kappa shape index (κ3) is 4.71. The maximum atomic E-state index is 13.0. The van der Waals surface area contributed by atoms with Gasteiger partial charge in [0.05, 0.1) is 18.7 Å². The lowest BCUT2D eigenvalue weighted by molar-refractivity contribution is -0.137. The van der Waals surface area contributed by atoms with Crippen LogP contribution in [-0.2, 0) is 19.1 Å². The average Bonchev–Trinajstić information content (AvgIpc) is 3.13. The third-order valence-electron chi connectivity index (χ3n) is 7.63. The van der Waals surface area contributed by atoms with Crippen molar-refractivity contribution in [2.45, 2.75) is 57.7 Å². The second-order valence-corrected chi connectivity index (χ2v) is 10.3. The molecule has 32 heavy (non-hydrogen) atoms. The van der Waals surface area contributed by atoms with Gasteiger partial charge in [0.2, 0.25) is 5.89 Å². The molecule has 4 bridgehead atoms. The zero-order valence-electron chi connectivity index (χ0n) is 18.2. The Hall–Kier alpha value is -1.93. The monoisotopic (exact) mass is 449 g/mol. The van der Waals surface area contributed by atoms with Crippen LogP contribution in [0.5, 0.6) is 0 Å². The van der Waals surface area contributed by atoms with Crippen LogP contribution in [-0.4, -0.2) is 39.8 Å². The molecule has 0 amide bonds. The Kier molecular flexibility index (Phi) is 5.78. The fourth-order valence-electron chi connectivity index (χ4n) is 6.97. The highest BCUT2D eigenvalue weighted by molar-refractivity contribution is 5.27. The van der Waals surface area contributed by atoms with Crippen molar-refractivity contribution in [1.29, 1.82) is 0 Å². The summed E-state index contributed by atoms with van der Waals surface area (Å²) in [6.45, 7) is 2.00. The first-order chi connectivity index (χ1) is 15.3. The van der Waals surface area contributed by atoms with Gasteiger partial charge < -0.3 is 9.63 Å². The molecule has 0 unspecified atom stereocenters. The largest absolute Gasteiger partial charge is 0.416 e. The third-order valence-corrected chi connectivity index (χ3v) is 7.63. The molecule has 4 aliphatic carbocycles. The van der Waals surface area contributed by atoms with E-state index in [1.165, 1.54) is 44.6 Å². The first kappa shape index (κ1) is 21.9. The van der Waals surface area contributed by atoms with E-state index < -0.39 is 11.7 Å². The highest BCUT2D eigenvalue weighted by atomic mass is 19.4. The van der Waals surface area contributed by atoms with Crippen molar-refractivity contribution in [3.63, 3.8) is 0 Å². The molecule has 0 saturated heterocycles. The Morgan fingerprint density at radius 1 is 1.09 bits per heavy atom. The number of benzene rings is 1. The molecule has 4 fully saturated rings. The highest BCUT2D eigenvalue weighted by Gasteiger charge is 2.51. The Morgan fingerprint density at radius 2 is 1.78 bits per heavy atom. The van der Waals surface area contributed by atoms with Crippen LogP contribution in [0.3, 0.4) is 0 Å². The Morgan fingerprint density at radius 3 is 2.41 bits per heavy atom. The van der Waals surface area contributed by atoms with Crippen LogP contribution < -0.4 is 0 Å². The molecule has 0 spiro atoms. The minimum atomic E-state index is -4.37. The quantitative estimate of drug-likeness (QED) is 0.634. The Bertz CT molecular complexity index is 907. The highest BCUT2D eigenvalue weighted by Crippen LogP contribution is 2.60. The molecule has 174 valence electrons. The van der Waals surface area contributed by atoms with Gasteiger partial charge in [-0.1, -0.05) is 23.4 Å². The molecule has 6 rings (SSSR count). The van der Waals surface area contributed by atoms with E-state index in [0.717, 1.165) is 36.4 Å². The van der Waals surface area contributed by atoms with Crippen LogP contribution in [0.4, 0.5) is 13.2 Å². The number of nitrogens with zero attached hydrogens (tertiary/aromatic N) is 3. The van der Waals surface area contributed by atoms with E-state index in [2.05, 4.69) is 15.0 Å². The van der Waals surface area contributed by atoms with Crippen LogP contribution in [0.15, 0.2) is 28.8 Å². The molecule has 0 radical (unpaired) electrons. The fraction of sp³-hybridized carbons (Fsp3) is 0.667. The van der Waals surface area contributed by atoms with Gasteiger partial charge in [0.1, 0.15) is 0 Å². The maximum absolute atomic E-state index is 13.0. The predicted octanol–water partition coefficient (Wildman–Crippen LogP) is 4.69. The van der Waals surface area contributed by atoms with Crippen molar-refractivity contribution in [2.75, 3.05) is 19.7 Å². The van der Waals surface area contributed by atoms with E-state index in [4.69, 9.17) is 4.52 Å². The van der Waals surface area contributed by atoms with Gasteiger partial charge in [-0.05, 0) is 73.3 Å². The van der Waals surface area contributed by atoms with Crippen molar-refractivity contribution in [3.8, 4) is 0 Å². The number of halogens is 3. The minimum Gasteiger partial charge on any atom is -0.395 e. The van der Waals surface area contributed by atoms with E-state index in [9.17, 15) is 18.3 Å². The van der Waals surface area contributed by atoms with Crippen LogP contribution in [0, 0.1) is 23.2 Å². The summed E-state index contributed by atoms with van der Waals surface area (Å²) in [6, 6.07) is 5.22. The first-order valence-electron chi connectivity index (χ1n) is 11.6. The van der Waals surface area contributed by atoms with Crippen molar-refractivity contribution in [1.82, 2.24) is 15.0 Å². The van der Waals surface area contributed by atoms with Gasteiger partial charge in [-0.15, -0.1) is 0 Å². The van der Waals surface area contributed by atoms with Crippen molar-refractivity contribution in [2.24, 2.45) is 23.2 Å². The normalized spacial score (nSPS) is 29.2. The van der Waals surface area contributed by atoms with E-state index in [1.54, 1.807) is 6.07 Å². The zero-order chi connectivity index (χ0) is 22.3. The molecular weight excluding hydrogens is 419 g/mol. The summed E-state index contributed by atoms with van der Waals surface area (Å²) in [4.78, 5) is 6.65. The molecule has 2 aromatic rings. The van der Waals surface area contributed by atoms with Gasteiger partial charge in [-0.25, -0.2) is 0 Å². The number of hydrogen-bond acceptors (Lipinski definition) is 5. The molecule has 1 heterocycles. The Labute approximate surface area is 186 Å². The van der Waals surface area contributed by atoms with Gasteiger partial charge in [-0.2, -0.15) is 18.2 Å². The van der Waals surface area contributed by atoms with Gasteiger partial charge >= 0.3 is 6.18 Å². The van der Waals surface area contributed by atoms with Crippen LogP contribution >= 0.6 is 0 Å². The second-order valence-electron chi connectivity index (χ2n) is 10.3. The number of rotatable bonds is 8. The first-order valence-corrected chi connectivity index (χ1v) is 11.6. The van der Waals surface area contributed by atoms with E-state index in [-0.39, 0.29) is 13.0 Å². The summed E-state index contributed by atoms with van der Waals surface area (Å²) in [5, 5.41) is 13.6. The molecule has 5 nitrogen and oxygen atoms in total. The van der Waals surface area contributed by atoms with E-state index in [0.29, 0.717) is 35.8 Å². The molecule has 4 saturated carbocycles. The lowest BCUT2D eigenvalue weighted by atomic mass is 9.49. The van der Waals surface area contributed by atoms with Crippen molar-refractivity contribution >= 4 is 0 Å². The molecule has 1 N–H and O–H groups in total. The molecule has 1 aromatic heterocycles. The summed E-state index contributed by atoms with van der Waals surface area (Å²) in [7, 11) is 0. The second kappa shape index (κ2) is 8.45. The van der Waals surface area contributed by atoms with Crippen LogP contribution in [0.2, 0.25) is 0 Å². The summed E-state index contributed by atoms with van der Waals surface area (Å²) in [6.07, 6.45) is 3.83. The topological polar surface area (TPSA) is 62.4 Å². The summed E-state index contributed by atoms with van der Waals surface area (Å²) >= 11 is 0. The van der Waals surface area contributed by atoms with Crippen molar-refractivity contribution in [3.05, 3.63) is 47.1 Å². The molecule has 4 aliphatic rings. The predicted molar refractivity (Wildman–Crippen MR) is 112 cm³/mol. The smallest absolute Gasteiger partial charge is 0.395 e. The minimum absolute atomic E-state index is 0.0671. The average molecular weight is 450 g/mol. The zero-order valence-corrected chi connectivity index (χ0v) is 18.2. The molecule has 8 heteroatoms. The number of hydrogen-bond donors (Lipinski definition) is 1. The number of aliphatic hydroxyl groups is 1. The van der Waals surface area contributed by atoms with E-state index in [1.807, 2.05) is 0 Å². The van der Waals surface area contributed by atoms with Crippen LogP contribution in [0.25, 0.3) is 0 Å². The Balaban J connectivity index is 1.24. The summed E-state index contributed by atoms with van der Waals surface area (Å²) < 4.78 is 44.3. The van der Waals surface area contributed by atoms with Crippen LogP contribution in [0.1, 0.15) is 61.4 Å². The molecule has 0 atom stereocenters. The van der Waals surface area contributed by atoms with Crippen molar-refractivity contribution < 1.29 is 22.8 Å². The standard InChI is InChI=1S/C24H30F3N3O2/c25-24(26,27)20-3-1-2-16(9-20)10-21-28-22(32-29-21)14-30(4-5-31)15-23-11-17-6-18(12-23)8-19(7-17)13-23/h1-3,9,17-19,31H,4-8,10-15H2. The molecular formula is C24H30F3N3O2. The van der Waals surface area contributed by atoms with Gasteiger partial charge in [-0.3, -0.25) is 4.90 Å². The molecule has 1 aromatic carbocycles. The maximum Gasteiger partial charge on any atom is 0.416 e. The fourth-order valence-corrected chi connectivity index (χ4v) is 6.97. The van der Waals surface area contributed by atoms with Gasteiger partial charge in [0.25, 0.3) is 0 Å². The lowest BCUT2D eigenvalue weighted by Gasteiger charge is -2.57.